The second-order valence-electron chi connectivity index (χ2n) is 9.51. The van der Waals surface area contributed by atoms with E-state index in [2.05, 4.69) is 40.7 Å². The first kappa shape index (κ1) is 31.3. The van der Waals surface area contributed by atoms with Gasteiger partial charge in [0, 0.05) is 32.5 Å². The van der Waals surface area contributed by atoms with Crippen LogP contribution < -0.4 is 20.3 Å². The number of nitrogens with zero attached hydrogens (tertiary/aromatic N) is 5. The topological polar surface area (TPSA) is 122 Å². The van der Waals surface area contributed by atoms with Crippen molar-refractivity contribution in [1.82, 2.24) is 20.4 Å². The van der Waals surface area contributed by atoms with Crippen molar-refractivity contribution >= 4 is 40.3 Å². The molecule has 43 heavy (non-hydrogen) atoms. The van der Waals surface area contributed by atoms with E-state index in [0.29, 0.717) is 29.3 Å². The maximum Gasteiger partial charge on any atom is 0.573 e. The molecule has 0 bridgehead atoms. The minimum atomic E-state index is -4.69. The number of carbonyl (C=O) groups excluding carboxylic acids is 2. The van der Waals surface area contributed by atoms with E-state index in [4.69, 9.17) is 0 Å². The van der Waals surface area contributed by atoms with Gasteiger partial charge in [0.05, 0.1) is 6.42 Å². The minimum absolute atomic E-state index is 0.0719. The molecule has 1 fully saturated rings. The summed E-state index contributed by atoms with van der Waals surface area (Å²) in [5.74, 6) is 1.63. The number of aromatic nitrogens is 4. The van der Waals surface area contributed by atoms with Crippen LogP contribution in [0.3, 0.4) is 0 Å². The fraction of sp³-hybridized carbons (Fsp3) is 0.310. The highest BCUT2D eigenvalue weighted by molar-refractivity contribution is 7.15. The number of piperidine rings is 1. The van der Waals surface area contributed by atoms with E-state index in [9.17, 15) is 22.8 Å². The Bertz CT molecular complexity index is 1460. The van der Waals surface area contributed by atoms with Crippen LogP contribution in [0.5, 0.6) is 5.75 Å². The molecule has 2 N–H and O–H groups in total. The number of alkyl halides is 3. The molecule has 226 valence electrons. The van der Waals surface area contributed by atoms with Crippen molar-refractivity contribution in [3.63, 3.8) is 0 Å². The summed E-state index contributed by atoms with van der Waals surface area (Å²) in [6.07, 6.45) is -1.72. The Labute approximate surface area is 250 Å². The van der Waals surface area contributed by atoms with Crippen LogP contribution in [0.2, 0.25) is 0 Å². The van der Waals surface area contributed by atoms with Crippen LogP contribution >= 0.6 is 11.3 Å². The Morgan fingerprint density at radius 2 is 1.74 bits per heavy atom. The van der Waals surface area contributed by atoms with Gasteiger partial charge in [-0.15, -0.1) is 33.6 Å². The van der Waals surface area contributed by atoms with Crippen molar-refractivity contribution < 1.29 is 27.5 Å². The molecule has 0 atom stereocenters. The molecule has 1 aliphatic heterocycles. The summed E-state index contributed by atoms with van der Waals surface area (Å²) in [7, 11) is 1.83. The summed E-state index contributed by atoms with van der Waals surface area (Å²) in [5, 5.41) is 24.3. The van der Waals surface area contributed by atoms with Gasteiger partial charge in [0.25, 0.3) is 0 Å². The Morgan fingerprint density at radius 1 is 1.00 bits per heavy atom. The highest BCUT2D eigenvalue weighted by Crippen LogP contribution is 2.33. The van der Waals surface area contributed by atoms with Gasteiger partial charge in [-0.3, -0.25) is 4.79 Å². The number of benzene rings is 2. The van der Waals surface area contributed by atoms with E-state index >= 15 is 0 Å². The largest absolute Gasteiger partial charge is 0.573 e. The second-order valence-corrected chi connectivity index (χ2v) is 10.5. The van der Waals surface area contributed by atoms with Crippen LogP contribution in [-0.4, -0.2) is 59.1 Å². The minimum Gasteiger partial charge on any atom is -0.406 e. The molecule has 5 rings (SSSR count). The Hall–Kier alpha value is -4.59. The van der Waals surface area contributed by atoms with Crippen LogP contribution in [0.4, 0.5) is 29.9 Å². The average Bonchev–Trinajstić information content (AvgIpc) is 3.46. The van der Waals surface area contributed by atoms with Gasteiger partial charge in [0.1, 0.15) is 22.9 Å². The molecular weight excluding hydrogens is 583 g/mol. The summed E-state index contributed by atoms with van der Waals surface area (Å²) in [5.41, 5.74) is 1.47. The molecule has 2 aromatic heterocycles. The predicted molar refractivity (Wildman–Crippen MR) is 157 cm³/mol. The van der Waals surface area contributed by atoms with E-state index in [1.165, 1.54) is 29.5 Å². The first-order chi connectivity index (χ1) is 20.7. The molecule has 2 aromatic carbocycles. The molecule has 0 aliphatic carbocycles. The second kappa shape index (κ2) is 15.0. The molecule has 3 heterocycles. The van der Waals surface area contributed by atoms with Gasteiger partial charge in [-0.25, -0.2) is 0 Å². The number of amides is 1. The van der Waals surface area contributed by atoms with Gasteiger partial charge in [0.15, 0.2) is 5.82 Å². The van der Waals surface area contributed by atoms with Crippen LogP contribution in [0.25, 0.3) is 0 Å². The molecule has 10 nitrogen and oxygen atoms in total. The lowest BCUT2D eigenvalue weighted by atomic mass is 9.98. The lowest BCUT2D eigenvalue weighted by molar-refractivity contribution is -0.274. The molecule has 1 aliphatic rings. The van der Waals surface area contributed by atoms with Crippen molar-refractivity contribution in [1.29, 1.82) is 0 Å². The number of ether oxygens (including phenoxy) is 1. The number of nitrogens with one attached hydrogen (secondary N) is 2. The number of carbonyl (C=O) groups is 2. The molecule has 0 spiro atoms. The van der Waals surface area contributed by atoms with Crippen molar-refractivity contribution in [2.75, 3.05) is 35.7 Å². The van der Waals surface area contributed by atoms with E-state index < -0.39 is 6.36 Å². The van der Waals surface area contributed by atoms with E-state index in [0.717, 1.165) is 48.1 Å². The summed E-state index contributed by atoms with van der Waals surface area (Å²) in [6, 6.07) is 18.9. The van der Waals surface area contributed by atoms with Gasteiger partial charge >= 0.3 is 6.36 Å². The predicted octanol–water partition coefficient (Wildman–Crippen LogP) is 5.26. The lowest BCUT2D eigenvalue weighted by Crippen LogP contribution is -2.33. The molecule has 0 saturated carbocycles. The van der Waals surface area contributed by atoms with Crippen LogP contribution in [0.15, 0.2) is 66.7 Å². The zero-order chi connectivity index (χ0) is 30.7. The monoisotopic (exact) mass is 613 g/mol. The van der Waals surface area contributed by atoms with E-state index in [1.54, 1.807) is 6.07 Å². The van der Waals surface area contributed by atoms with Gasteiger partial charge < -0.3 is 25.1 Å². The van der Waals surface area contributed by atoms with Crippen LogP contribution in [-0.2, 0) is 22.4 Å². The van der Waals surface area contributed by atoms with Gasteiger partial charge in [0.2, 0.25) is 11.0 Å². The molecule has 14 heteroatoms. The number of hydrogen-bond acceptors (Lipinski definition) is 10. The molecule has 0 radical (unpaired) electrons. The van der Waals surface area contributed by atoms with Gasteiger partial charge in [-0.1, -0.05) is 53.8 Å². The van der Waals surface area contributed by atoms with E-state index in [-0.39, 0.29) is 18.1 Å². The van der Waals surface area contributed by atoms with Crippen molar-refractivity contribution in [2.45, 2.75) is 38.0 Å². The van der Waals surface area contributed by atoms with Crippen molar-refractivity contribution in [2.24, 2.45) is 0 Å². The highest BCUT2D eigenvalue weighted by Gasteiger charge is 2.31. The third kappa shape index (κ3) is 10.0. The summed E-state index contributed by atoms with van der Waals surface area (Å²) in [6.45, 7) is 1.79. The fourth-order valence-corrected chi connectivity index (χ4v) is 5.27. The summed E-state index contributed by atoms with van der Waals surface area (Å²) >= 11 is 1.47. The normalized spacial score (nSPS) is 13.4. The smallest absolute Gasteiger partial charge is 0.406 e. The molecule has 1 saturated heterocycles. The van der Waals surface area contributed by atoms with Gasteiger partial charge in [-0.2, -0.15) is 0 Å². The van der Waals surface area contributed by atoms with Gasteiger partial charge in [-0.05, 0) is 48.2 Å². The first-order valence-electron chi connectivity index (χ1n) is 13.4. The maximum absolute atomic E-state index is 12.2. The Morgan fingerprint density at radius 3 is 2.40 bits per heavy atom. The standard InChI is InChI=1S/C20H23N7OS.C9H7F3O2/c1-21-16-7-8-17(24-23-16)27-11-9-15(10-12-27)19-25-26-20(29-19)22-18(28)13-14-5-3-2-4-6-14;10-9(11,12)14-8-3-1-2-7(6-8)4-5-13/h2-8,15H,9-13H2,1H3,(H,21,23)(H,22,26,28);1-3,5-6H,4H2. The number of halogens is 3. The zero-order valence-electron chi connectivity index (χ0n) is 23.3. The Balaban J connectivity index is 0.000000255. The fourth-order valence-electron chi connectivity index (χ4n) is 4.34. The van der Waals surface area contributed by atoms with Crippen LogP contribution in [0, 0.1) is 0 Å². The third-order valence-electron chi connectivity index (χ3n) is 6.42. The number of anilines is 3. The first-order valence-corrected chi connectivity index (χ1v) is 14.3. The van der Waals surface area contributed by atoms with E-state index in [1.807, 2.05) is 49.5 Å². The van der Waals surface area contributed by atoms with Crippen molar-refractivity contribution in [3.05, 3.63) is 82.9 Å². The van der Waals surface area contributed by atoms with Crippen LogP contribution in [0.1, 0.15) is 34.9 Å². The quantitative estimate of drug-likeness (QED) is 0.243. The number of rotatable bonds is 9. The average molecular weight is 614 g/mol. The molecular formula is C29H30F3N7O3S. The molecule has 1 amide bonds. The zero-order valence-corrected chi connectivity index (χ0v) is 24.1. The molecule has 4 aromatic rings. The maximum atomic E-state index is 12.2. The number of aldehydes is 1. The highest BCUT2D eigenvalue weighted by atomic mass is 32.1. The summed E-state index contributed by atoms with van der Waals surface area (Å²) < 4.78 is 39.0. The lowest BCUT2D eigenvalue weighted by Gasteiger charge is -2.31. The van der Waals surface area contributed by atoms with Crippen molar-refractivity contribution in [3.8, 4) is 5.75 Å². The third-order valence-corrected chi connectivity index (χ3v) is 7.42. The Kier molecular flexibility index (Phi) is 11.0. The molecule has 0 unspecified atom stereocenters. The SMILES string of the molecule is CNc1ccc(N2CCC(c3nnc(NC(=O)Cc4ccccc4)s3)CC2)nn1.O=CCc1cccc(OC(F)(F)F)c1. The summed E-state index contributed by atoms with van der Waals surface area (Å²) in [4.78, 5) is 24.6. The number of hydrogen-bond donors (Lipinski definition) is 2.